The summed E-state index contributed by atoms with van der Waals surface area (Å²) in [5, 5.41) is 6.39. The molecule has 3 heterocycles. The van der Waals surface area contributed by atoms with Gasteiger partial charge in [0.2, 0.25) is 18.6 Å². The predicted molar refractivity (Wildman–Crippen MR) is 130 cm³/mol. The summed E-state index contributed by atoms with van der Waals surface area (Å²) in [6.45, 7) is 0.980. The number of carbonyl (C=O) groups excluding carboxylic acids is 2. The first-order valence-electron chi connectivity index (χ1n) is 12.1. The van der Waals surface area contributed by atoms with Crippen LogP contribution in [0.25, 0.3) is 0 Å². The molecule has 2 atom stereocenters. The lowest BCUT2D eigenvalue weighted by Gasteiger charge is -2.30. The summed E-state index contributed by atoms with van der Waals surface area (Å²) in [4.78, 5) is 29.4. The Morgan fingerprint density at radius 2 is 2.03 bits per heavy atom. The second kappa shape index (κ2) is 10.2. The van der Waals surface area contributed by atoms with E-state index in [4.69, 9.17) is 9.47 Å². The van der Waals surface area contributed by atoms with E-state index in [2.05, 4.69) is 15.6 Å². The number of nitrogens with zero attached hydrogens (tertiary/aromatic N) is 2. The standard InChI is InChI=1S/C27H30N4O4/c32-25(29-22(21-4-2-1-3-5-21)10-14-31-15-13-28-18-31)8-11-27(12-9-26(33)30-27)17-20-6-7-23-24(16-20)35-19-34-23/h1-7,13,15-16,18,22H,8-12,14,17,19H2,(H,29,32)(H,30,33). The maximum atomic E-state index is 13.1. The molecule has 2 N–H and O–H groups in total. The van der Waals surface area contributed by atoms with E-state index in [1.807, 2.05) is 59.3 Å². The molecule has 1 saturated heterocycles. The van der Waals surface area contributed by atoms with Gasteiger partial charge in [-0.2, -0.15) is 0 Å². The van der Waals surface area contributed by atoms with Crippen molar-refractivity contribution in [2.45, 2.75) is 56.7 Å². The van der Waals surface area contributed by atoms with Gasteiger partial charge in [0.1, 0.15) is 0 Å². The van der Waals surface area contributed by atoms with Crippen LogP contribution in [0.2, 0.25) is 0 Å². The Balaban J connectivity index is 1.24. The Morgan fingerprint density at radius 1 is 1.17 bits per heavy atom. The van der Waals surface area contributed by atoms with Crippen LogP contribution in [0.4, 0.5) is 0 Å². The van der Waals surface area contributed by atoms with Crippen molar-refractivity contribution in [2.24, 2.45) is 0 Å². The summed E-state index contributed by atoms with van der Waals surface area (Å²) in [5.74, 6) is 1.48. The largest absolute Gasteiger partial charge is 0.454 e. The van der Waals surface area contributed by atoms with Gasteiger partial charge in [-0.1, -0.05) is 36.4 Å². The van der Waals surface area contributed by atoms with E-state index in [-0.39, 0.29) is 24.6 Å². The number of hydrogen-bond acceptors (Lipinski definition) is 5. The van der Waals surface area contributed by atoms with Crippen molar-refractivity contribution < 1.29 is 19.1 Å². The maximum absolute atomic E-state index is 13.1. The molecule has 0 saturated carbocycles. The van der Waals surface area contributed by atoms with Crippen molar-refractivity contribution in [1.29, 1.82) is 0 Å². The van der Waals surface area contributed by atoms with E-state index in [1.165, 1.54) is 0 Å². The van der Waals surface area contributed by atoms with Crippen LogP contribution in [0.15, 0.2) is 67.3 Å². The van der Waals surface area contributed by atoms with Crippen molar-refractivity contribution in [1.82, 2.24) is 20.2 Å². The fourth-order valence-corrected chi connectivity index (χ4v) is 4.95. The van der Waals surface area contributed by atoms with Crippen molar-refractivity contribution >= 4 is 11.8 Å². The Kier molecular flexibility index (Phi) is 6.70. The molecule has 35 heavy (non-hydrogen) atoms. The van der Waals surface area contributed by atoms with Gasteiger partial charge in [-0.05, 0) is 48.9 Å². The third kappa shape index (κ3) is 5.65. The number of rotatable bonds is 10. The topological polar surface area (TPSA) is 94.5 Å². The van der Waals surface area contributed by atoms with Gasteiger partial charge in [0.15, 0.2) is 11.5 Å². The molecule has 1 fully saturated rings. The molecule has 2 unspecified atom stereocenters. The van der Waals surface area contributed by atoms with Gasteiger partial charge in [0.05, 0.1) is 12.4 Å². The van der Waals surface area contributed by atoms with Gasteiger partial charge in [0, 0.05) is 37.3 Å². The van der Waals surface area contributed by atoms with E-state index in [0.29, 0.717) is 32.1 Å². The van der Waals surface area contributed by atoms with Crippen LogP contribution in [-0.4, -0.2) is 33.7 Å². The summed E-state index contributed by atoms with van der Waals surface area (Å²) in [7, 11) is 0. The summed E-state index contributed by atoms with van der Waals surface area (Å²) in [5.41, 5.74) is 1.69. The summed E-state index contributed by atoms with van der Waals surface area (Å²) in [6, 6.07) is 15.8. The smallest absolute Gasteiger partial charge is 0.231 e. The SMILES string of the molecule is O=C(CCC1(Cc2ccc3c(c2)OCO3)CCC(=O)N1)NC(CCn1ccnc1)c1ccccc1. The highest BCUT2D eigenvalue weighted by Crippen LogP contribution is 2.36. The Labute approximate surface area is 204 Å². The maximum Gasteiger partial charge on any atom is 0.231 e. The number of fused-ring (bicyclic) bond motifs is 1. The minimum Gasteiger partial charge on any atom is -0.454 e. The Hall–Kier alpha value is -3.81. The zero-order valence-corrected chi connectivity index (χ0v) is 19.6. The molecular formula is C27H30N4O4. The molecule has 182 valence electrons. The van der Waals surface area contributed by atoms with Crippen LogP contribution in [0.1, 0.15) is 49.3 Å². The minimum absolute atomic E-state index is 0.0179. The molecule has 0 bridgehead atoms. The van der Waals surface area contributed by atoms with E-state index in [0.717, 1.165) is 35.6 Å². The molecule has 0 aliphatic carbocycles. The number of hydrogen-bond donors (Lipinski definition) is 2. The number of nitrogens with one attached hydrogen (secondary N) is 2. The van der Waals surface area contributed by atoms with Crippen LogP contribution >= 0.6 is 0 Å². The quantitative estimate of drug-likeness (QED) is 0.469. The van der Waals surface area contributed by atoms with Crippen LogP contribution in [-0.2, 0) is 22.6 Å². The van der Waals surface area contributed by atoms with Gasteiger partial charge in [-0.25, -0.2) is 4.98 Å². The fourth-order valence-electron chi connectivity index (χ4n) is 4.95. The van der Waals surface area contributed by atoms with Crippen LogP contribution in [0.3, 0.4) is 0 Å². The summed E-state index contributed by atoms with van der Waals surface area (Å²) >= 11 is 0. The van der Waals surface area contributed by atoms with Crippen molar-refractivity contribution in [3.8, 4) is 11.5 Å². The zero-order chi connectivity index (χ0) is 24.1. The molecule has 0 radical (unpaired) electrons. The normalized spacial score (nSPS) is 19.4. The number of amides is 2. The first-order valence-corrected chi connectivity index (χ1v) is 12.1. The zero-order valence-electron chi connectivity index (χ0n) is 19.6. The molecule has 1 aromatic heterocycles. The second-order valence-electron chi connectivity index (χ2n) is 9.31. The van der Waals surface area contributed by atoms with Crippen molar-refractivity contribution in [3.63, 3.8) is 0 Å². The Morgan fingerprint density at radius 3 is 2.80 bits per heavy atom. The van der Waals surface area contributed by atoms with E-state index in [9.17, 15) is 9.59 Å². The van der Waals surface area contributed by atoms with Crippen molar-refractivity contribution in [3.05, 3.63) is 78.4 Å². The van der Waals surface area contributed by atoms with E-state index < -0.39 is 5.54 Å². The average molecular weight is 475 g/mol. The summed E-state index contributed by atoms with van der Waals surface area (Å²) in [6.07, 6.45) is 8.95. The molecular weight excluding hydrogens is 444 g/mol. The van der Waals surface area contributed by atoms with Crippen LogP contribution in [0.5, 0.6) is 11.5 Å². The molecule has 3 aromatic rings. The minimum atomic E-state index is -0.443. The van der Waals surface area contributed by atoms with Crippen LogP contribution in [0, 0.1) is 0 Å². The highest BCUT2D eigenvalue weighted by Gasteiger charge is 2.38. The third-order valence-corrected chi connectivity index (χ3v) is 6.82. The molecule has 8 nitrogen and oxygen atoms in total. The van der Waals surface area contributed by atoms with Crippen LogP contribution < -0.4 is 20.1 Å². The lowest BCUT2D eigenvalue weighted by molar-refractivity contribution is -0.123. The molecule has 2 aliphatic heterocycles. The number of benzene rings is 2. The summed E-state index contributed by atoms with van der Waals surface area (Å²) < 4.78 is 12.9. The predicted octanol–water partition coefficient (Wildman–Crippen LogP) is 3.53. The molecule has 2 aliphatic rings. The van der Waals surface area contributed by atoms with E-state index >= 15 is 0 Å². The first kappa shape index (κ1) is 23.0. The van der Waals surface area contributed by atoms with Gasteiger partial charge in [0.25, 0.3) is 0 Å². The second-order valence-corrected chi connectivity index (χ2v) is 9.31. The van der Waals surface area contributed by atoms with Crippen molar-refractivity contribution in [2.75, 3.05) is 6.79 Å². The highest BCUT2D eigenvalue weighted by atomic mass is 16.7. The average Bonchev–Trinajstić information content (AvgIpc) is 3.63. The van der Waals surface area contributed by atoms with Gasteiger partial charge >= 0.3 is 0 Å². The lowest BCUT2D eigenvalue weighted by Crippen LogP contribution is -2.44. The number of aryl methyl sites for hydroxylation is 1. The number of ether oxygens (including phenoxy) is 2. The first-order chi connectivity index (χ1) is 17.1. The number of imidazole rings is 1. The third-order valence-electron chi connectivity index (χ3n) is 6.82. The molecule has 2 amide bonds. The molecule has 8 heteroatoms. The molecule has 0 spiro atoms. The fraction of sp³-hybridized carbons (Fsp3) is 0.370. The molecule has 2 aromatic carbocycles. The number of carbonyl (C=O) groups is 2. The number of aromatic nitrogens is 2. The van der Waals surface area contributed by atoms with E-state index in [1.54, 1.807) is 12.5 Å². The Bertz CT molecular complexity index is 1170. The molecule has 5 rings (SSSR count). The van der Waals surface area contributed by atoms with Gasteiger partial charge in [-0.3, -0.25) is 9.59 Å². The van der Waals surface area contributed by atoms with Gasteiger partial charge < -0.3 is 24.7 Å². The lowest BCUT2D eigenvalue weighted by atomic mass is 9.84. The monoisotopic (exact) mass is 474 g/mol. The van der Waals surface area contributed by atoms with Gasteiger partial charge in [-0.15, -0.1) is 0 Å². The highest BCUT2D eigenvalue weighted by molar-refractivity contribution is 5.80.